The Bertz CT molecular complexity index is 863. The summed E-state index contributed by atoms with van der Waals surface area (Å²) in [5.74, 6) is -0.468. The van der Waals surface area contributed by atoms with Crippen LogP contribution in [0.5, 0.6) is 0 Å². The summed E-state index contributed by atoms with van der Waals surface area (Å²) in [7, 11) is 0. The second-order valence-electron chi connectivity index (χ2n) is 7.83. The third kappa shape index (κ3) is 4.45. The van der Waals surface area contributed by atoms with E-state index in [4.69, 9.17) is 27.9 Å². The highest BCUT2D eigenvalue weighted by Crippen LogP contribution is 2.65. The fourth-order valence-electron chi connectivity index (χ4n) is 3.89. The topological polar surface area (TPSA) is 26.3 Å². The van der Waals surface area contributed by atoms with E-state index in [2.05, 4.69) is 57.0 Å². The number of benzene rings is 2. The van der Waals surface area contributed by atoms with E-state index in [1.54, 1.807) is 0 Å². The van der Waals surface area contributed by atoms with Crippen LogP contribution >= 0.6 is 55.1 Å². The van der Waals surface area contributed by atoms with Crippen molar-refractivity contribution >= 4 is 61.0 Å². The second-order valence-corrected chi connectivity index (χ2v) is 12.4. The number of alkyl halides is 4. The summed E-state index contributed by atoms with van der Waals surface area (Å²) < 4.78 is 4.56. The Hall–Kier alpha value is -0.550. The van der Waals surface area contributed by atoms with Gasteiger partial charge in [-0.3, -0.25) is 4.79 Å². The monoisotopic (exact) mass is 546 g/mol. The van der Waals surface area contributed by atoms with E-state index in [1.807, 2.05) is 44.2 Å². The Kier molecular flexibility index (Phi) is 6.56. The zero-order valence-corrected chi connectivity index (χ0v) is 20.6. The lowest BCUT2D eigenvalue weighted by atomic mass is 9.97. The molecule has 2 aromatic rings. The molecule has 0 bridgehead atoms. The van der Waals surface area contributed by atoms with Gasteiger partial charge in [0.05, 0.1) is 10.7 Å². The van der Waals surface area contributed by atoms with Gasteiger partial charge in [0.15, 0.2) is 3.24 Å². The molecule has 1 saturated carbocycles. The van der Waals surface area contributed by atoms with E-state index in [9.17, 15) is 4.79 Å². The van der Waals surface area contributed by atoms with Gasteiger partial charge in [0.2, 0.25) is 0 Å². The third-order valence-electron chi connectivity index (χ3n) is 5.69. The maximum absolute atomic E-state index is 12.8. The van der Waals surface area contributed by atoms with Gasteiger partial charge in [-0.1, -0.05) is 102 Å². The summed E-state index contributed by atoms with van der Waals surface area (Å²) in [6.45, 7) is 6.38. The van der Waals surface area contributed by atoms with Crippen LogP contribution in [-0.4, -0.2) is 14.0 Å². The van der Waals surface area contributed by atoms with Crippen LogP contribution in [0.15, 0.2) is 48.5 Å². The first-order valence-corrected chi connectivity index (χ1v) is 11.5. The van der Waals surface area contributed by atoms with Crippen LogP contribution < -0.4 is 0 Å². The lowest BCUT2D eigenvalue weighted by Gasteiger charge is -2.20. The number of hydrogen-bond acceptors (Lipinski definition) is 2. The Morgan fingerprint density at radius 3 is 2.43 bits per heavy atom. The minimum atomic E-state index is -1.13. The summed E-state index contributed by atoms with van der Waals surface area (Å²) in [5, 5.41) is 0. The molecule has 0 amide bonds. The molecular formula is C22H22Br2Cl2O2. The van der Waals surface area contributed by atoms with Gasteiger partial charge in [-0.05, 0) is 56.4 Å². The molecule has 1 unspecified atom stereocenters. The van der Waals surface area contributed by atoms with Gasteiger partial charge in [-0.2, -0.15) is 0 Å². The highest BCUT2D eigenvalue weighted by molar-refractivity contribution is 9.13. The lowest BCUT2D eigenvalue weighted by Crippen LogP contribution is -2.23. The Morgan fingerprint density at radius 2 is 1.82 bits per heavy atom. The van der Waals surface area contributed by atoms with Crippen LogP contribution in [0.1, 0.15) is 25.0 Å². The van der Waals surface area contributed by atoms with Crippen molar-refractivity contribution in [2.45, 2.75) is 35.4 Å². The molecule has 6 heteroatoms. The predicted octanol–water partition coefficient (Wildman–Crippen LogP) is 7.27. The minimum absolute atomic E-state index is 0.00822. The molecular weight excluding hydrogens is 527 g/mol. The van der Waals surface area contributed by atoms with Crippen molar-refractivity contribution in [2.75, 3.05) is 0 Å². The molecule has 0 aliphatic heterocycles. The van der Waals surface area contributed by atoms with E-state index in [0.29, 0.717) is 0 Å². The summed E-state index contributed by atoms with van der Waals surface area (Å²) in [5.41, 5.74) is 4.19. The maximum Gasteiger partial charge on any atom is 0.310 e. The molecule has 2 aromatic carbocycles. The van der Waals surface area contributed by atoms with Gasteiger partial charge < -0.3 is 4.74 Å². The number of esters is 1. The lowest BCUT2D eigenvalue weighted by molar-refractivity contribution is -0.147. The van der Waals surface area contributed by atoms with E-state index in [0.717, 1.165) is 22.3 Å². The predicted molar refractivity (Wildman–Crippen MR) is 123 cm³/mol. The third-order valence-corrected chi connectivity index (χ3v) is 9.05. The Labute approximate surface area is 193 Å². The van der Waals surface area contributed by atoms with Crippen molar-refractivity contribution in [3.05, 3.63) is 59.7 Å². The van der Waals surface area contributed by atoms with Crippen LogP contribution in [0.3, 0.4) is 0 Å². The van der Waals surface area contributed by atoms with E-state index in [-0.39, 0.29) is 34.7 Å². The van der Waals surface area contributed by atoms with Gasteiger partial charge in [0.1, 0.15) is 6.61 Å². The summed E-state index contributed by atoms with van der Waals surface area (Å²) in [6, 6.07) is 16.3. The van der Waals surface area contributed by atoms with Gasteiger partial charge in [0.25, 0.3) is 0 Å². The molecule has 0 N–H and O–H groups in total. The number of hydrogen-bond donors (Lipinski definition) is 0. The van der Waals surface area contributed by atoms with Crippen molar-refractivity contribution in [1.29, 1.82) is 0 Å². The molecule has 150 valence electrons. The summed E-state index contributed by atoms with van der Waals surface area (Å²) >= 11 is 19.1. The average molecular weight is 549 g/mol. The minimum Gasteiger partial charge on any atom is -0.461 e. The van der Waals surface area contributed by atoms with Gasteiger partial charge in [-0.25, -0.2) is 0 Å². The van der Waals surface area contributed by atoms with Crippen molar-refractivity contribution in [3.8, 4) is 11.1 Å². The number of halogens is 4. The van der Waals surface area contributed by atoms with E-state index in [1.165, 1.54) is 0 Å². The molecule has 1 fully saturated rings. The normalized spacial score (nSPS) is 21.8. The van der Waals surface area contributed by atoms with Crippen LogP contribution in [0.2, 0.25) is 0 Å². The van der Waals surface area contributed by atoms with Crippen LogP contribution in [0.25, 0.3) is 11.1 Å². The smallest absolute Gasteiger partial charge is 0.310 e. The zero-order chi connectivity index (χ0) is 20.7. The zero-order valence-electron chi connectivity index (χ0n) is 15.9. The van der Waals surface area contributed by atoms with Crippen molar-refractivity contribution in [2.24, 2.45) is 17.3 Å². The first-order valence-electron chi connectivity index (χ1n) is 9.06. The second kappa shape index (κ2) is 8.29. The largest absolute Gasteiger partial charge is 0.461 e. The molecule has 0 aromatic heterocycles. The van der Waals surface area contributed by atoms with Gasteiger partial charge in [0, 0.05) is 0 Å². The molecule has 0 spiro atoms. The number of rotatable bonds is 6. The quantitative estimate of drug-likeness (QED) is 0.280. The fraction of sp³-hybridized carbons (Fsp3) is 0.409. The van der Waals surface area contributed by atoms with Gasteiger partial charge >= 0.3 is 5.97 Å². The Balaban J connectivity index is 1.71. The van der Waals surface area contributed by atoms with Crippen molar-refractivity contribution in [3.63, 3.8) is 0 Å². The SMILES string of the molecule is Cc1c(COC(=O)[C@H]2[C@@H](C(Br)C(Cl)(Cl)Br)C2(C)C)cccc1-c1ccccc1. The van der Waals surface area contributed by atoms with Crippen molar-refractivity contribution in [1.82, 2.24) is 0 Å². The first kappa shape index (κ1) is 22.1. The standard InChI is InChI=1S/C22H22Br2Cl2O2/c1-13-15(10-7-11-16(13)14-8-5-4-6-9-14)12-28-20(27)18-17(21(18,2)3)19(23)22(24,25)26/h4-11,17-19H,12H2,1-3H3/t17-,18+,19?/m0/s1. The van der Waals surface area contributed by atoms with Crippen LogP contribution in [0, 0.1) is 24.2 Å². The molecule has 0 radical (unpaired) electrons. The molecule has 1 aliphatic rings. The van der Waals surface area contributed by atoms with Crippen LogP contribution in [-0.2, 0) is 16.1 Å². The summed E-state index contributed by atoms with van der Waals surface area (Å²) in [4.78, 5) is 12.5. The molecule has 0 heterocycles. The number of carbonyl (C=O) groups is 1. The molecule has 1 aliphatic carbocycles. The molecule has 3 atom stereocenters. The number of carbonyl (C=O) groups excluding carboxylic acids is 1. The highest BCUT2D eigenvalue weighted by atomic mass is 79.9. The van der Waals surface area contributed by atoms with E-state index >= 15 is 0 Å². The Morgan fingerprint density at radius 1 is 1.18 bits per heavy atom. The average Bonchev–Trinajstić information content (AvgIpc) is 3.21. The molecule has 3 rings (SSSR count). The number of ether oxygens (including phenoxy) is 1. The van der Waals surface area contributed by atoms with Crippen molar-refractivity contribution < 1.29 is 9.53 Å². The maximum atomic E-state index is 12.8. The first-order chi connectivity index (χ1) is 13.0. The molecule has 28 heavy (non-hydrogen) atoms. The highest BCUT2D eigenvalue weighted by Gasteiger charge is 2.67. The summed E-state index contributed by atoms with van der Waals surface area (Å²) in [6.07, 6.45) is 0. The van der Waals surface area contributed by atoms with E-state index < -0.39 is 3.24 Å². The fourth-order valence-corrected chi connectivity index (χ4v) is 5.43. The molecule has 2 nitrogen and oxygen atoms in total. The molecule has 0 saturated heterocycles. The van der Waals surface area contributed by atoms with Gasteiger partial charge in [-0.15, -0.1) is 0 Å². The van der Waals surface area contributed by atoms with Crippen LogP contribution in [0.4, 0.5) is 0 Å².